The summed E-state index contributed by atoms with van der Waals surface area (Å²) in [7, 11) is 0. The van der Waals surface area contributed by atoms with E-state index in [2.05, 4.69) is 32.3 Å². The molecule has 1 aliphatic carbocycles. The molecule has 0 atom stereocenters. The van der Waals surface area contributed by atoms with Gasteiger partial charge < -0.3 is 0 Å². The normalized spacial score (nSPS) is 24.1. The third kappa shape index (κ3) is 2.57. The molecule has 1 rings (SSSR count). The van der Waals surface area contributed by atoms with E-state index < -0.39 is 0 Å². The molecule has 0 aromatic heterocycles. The molecule has 0 aromatic carbocycles. The van der Waals surface area contributed by atoms with Gasteiger partial charge in [0.05, 0.1) is 0 Å². The van der Waals surface area contributed by atoms with E-state index in [4.69, 9.17) is 0 Å². The molecule has 0 aromatic rings. The molecular weight excluding hydrogens is 170 g/mol. The fourth-order valence-corrected chi connectivity index (χ4v) is 1.92. The molecule has 0 spiro atoms. The van der Waals surface area contributed by atoms with Gasteiger partial charge in [-0.05, 0) is 44.1 Å². The second-order valence-electron chi connectivity index (χ2n) is 4.28. The maximum Gasteiger partial charge on any atom is 0.0434 e. The third-order valence-corrected chi connectivity index (χ3v) is 3.03. The average molecular weight is 191 g/mol. The molecule has 1 aliphatic rings. The standard InChI is InChI=1S/C13H21N/c1-5-14-13-9-7-6-8-12(13)11(4)10(2)3/h5,10H,1,6-9H2,2-4H3/b12-11+,14-13-. The van der Waals surface area contributed by atoms with Crippen molar-refractivity contribution >= 4 is 5.71 Å². The van der Waals surface area contributed by atoms with Crippen molar-refractivity contribution in [2.24, 2.45) is 10.9 Å². The van der Waals surface area contributed by atoms with Gasteiger partial charge in [-0.25, -0.2) is 0 Å². The Kier molecular flexibility index (Phi) is 4.12. The van der Waals surface area contributed by atoms with Gasteiger partial charge in [-0.2, -0.15) is 0 Å². The van der Waals surface area contributed by atoms with Gasteiger partial charge in [0, 0.05) is 11.9 Å². The number of nitrogens with zero attached hydrogens (tertiary/aromatic N) is 1. The van der Waals surface area contributed by atoms with Crippen LogP contribution in [0.2, 0.25) is 0 Å². The number of rotatable bonds is 2. The quantitative estimate of drug-likeness (QED) is 0.622. The van der Waals surface area contributed by atoms with E-state index in [1.807, 2.05) is 0 Å². The van der Waals surface area contributed by atoms with Crippen molar-refractivity contribution in [1.82, 2.24) is 0 Å². The van der Waals surface area contributed by atoms with Crippen molar-refractivity contribution in [1.29, 1.82) is 0 Å². The van der Waals surface area contributed by atoms with Gasteiger partial charge in [-0.3, -0.25) is 4.99 Å². The van der Waals surface area contributed by atoms with Gasteiger partial charge in [0.1, 0.15) is 0 Å². The predicted molar refractivity (Wildman–Crippen MR) is 63.6 cm³/mol. The molecule has 0 unspecified atom stereocenters. The van der Waals surface area contributed by atoms with Crippen LogP contribution in [0.4, 0.5) is 0 Å². The van der Waals surface area contributed by atoms with Crippen LogP contribution in [-0.2, 0) is 0 Å². The predicted octanol–water partition coefficient (Wildman–Crippen LogP) is 4.12. The summed E-state index contributed by atoms with van der Waals surface area (Å²) in [6, 6.07) is 0. The van der Waals surface area contributed by atoms with Gasteiger partial charge in [-0.1, -0.05) is 26.0 Å². The zero-order valence-corrected chi connectivity index (χ0v) is 9.64. The highest BCUT2D eigenvalue weighted by Crippen LogP contribution is 2.27. The minimum atomic E-state index is 0.637. The molecule has 0 saturated heterocycles. The molecule has 0 radical (unpaired) electrons. The first-order valence-electron chi connectivity index (χ1n) is 5.54. The first-order valence-corrected chi connectivity index (χ1v) is 5.54. The van der Waals surface area contributed by atoms with E-state index >= 15 is 0 Å². The number of hydrogen-bond donors (Lipinski definition) is 0. The molecule has 1 saturated carbocycles. The molecule has 1 fully saturated rings. The van der Waals surface area contributed by atoms with Crippen molar-refractivity contribution in [3.63, 3.8) is 0 Å². The van der Waals surface area contributed by atoms with Crippen LogP contribution in [0.25, 0.3) is 0 Å². The first-order chi connectivity index (χ1) is 6.66. The SMILES string of the molecule is C=C/N=C1/CCCC/C1=C(/C)C(C)C. The van der Waals surface area contributed by atoms with Gasteiger partial charge in [0.25, 0.3) is 0 Å². The van der Waals surface area contributed by atoms with E-state index in [1.54, 1.807) is 6.20 Å². The van der Waals surface area contributed by atoms with Crippen molar-refractivity contribution in [3.05, 3.63) is 23.9 Å². The number of allylic oxidation sites excluding steroid dienone is 2. The van der Waals surface area contributed by atoms with Gasteiger partial charge >= 0.3 is 0 Å². The minimum Gasteiger partial charge on any atom is -0.262 e. The molecular formula is C13H21N. The van der Waals surface area contributed by atoms with E-state index in [9.17, 15) is 0 Å². The molecule has 0 amide bonds. The maximum atomic E-state index is 4.39. The van der Waals surface area contributed by atoms with Gasteiger partial charge in [0.15, 0.2) is 0 Å². The summed E-state index contributed by atoms with van der Waals surface area (Å²) in [5.74, 6) is 0.637. The van der Waals surface area contributed by atoms with Crippen LogP contribution in [0.15, 0.2) is 28.9 Å². The van der Waals surface area contributed by atoms with E-state index in [0.717, 1.165) is 6.42 Å². The van der Waals surface area contributed by atoms with Crippen LogP contribution < -0.4 is 0 Å². The fourth-order valence-electron chi connectivity index (χ4n) is 1.92. The molecule has 0 N–H and O–H groups in total. The molecule has 0 aliphatic heterocycles. The number of hydrogen-bond acceptors (Lipinski definition) is 1. The zero-order valence-electron chi connectivity index (χ0n) is 9.64. The second kappa shape index (κ2) is 5.14. The molecule has 1 nitrogen and oxygen atoms in total. The third-order valence-electron chi connectivity index (χ3n) is 3.03. The Bertz CT molecular complexity index is 266. The Morgan fingerprint density at radius 1 is 1.36 bits per heavy atom. The second-order valence-corrected chi connectivity index (χ2v) is 4.28. The molecule has 78 valence electrons. The monoisotopic (exact) mass is 191 g/mol. The molecule has 1 heteroatoms. The van der Waals surface area contributed by atoms with Crippen molar-refractivity contribution in [2.45, 2.75) is 46.5 Å². The summed E-state index contributed by atoms with van der Waals surface area (Å²) in [4.78, 5) is 4.39. The molecule has 0 bridgehead atoms. The Morgan fingerprint density at radius 2 is 2.00 bits per heavy atom. The van der Waals surface area contributed by atoms with E-state index in [-0.39, 0.29) is 0 Å². The van der Waals surface area contributed by atoms with Crippen molar-refractivity contribution in [2.75, 3.05) is 0 Å². The van der Waals surface area contributed by atoms with Crippen LogP contribution in [0.5, 0.6) is 0 Å². The smallest absolute Gasteiger partial charge is 0.0434 e. The van der Waals surface area contributed by atoms with Crippen LogP contribution in [0.3, 0.4) is 0 Å². The van der Waals surface area contributed by atoms with Crippen molar-refractivity contribution in [3.8, 4) is 0 Å². The molecule has 0 heterocycles. The van der Waals surface area contributed by atoms with Crippen LogP contribution in [0, 0.1) is 5.92 Å². The maximum absolute atomic E-state index is 4.39. The largest absolute Gasteiger partial charge is 0.262 e. The highest BCUT2D eigenvalue weighted by atomic mass is 14.7. The lowest BCUT2D eigenvalue weighted by atomic mass is 9.86. The van der Waals surface area contributed by atoms with Crippen molar-refractivity contribution < 1.29 is 0 Å². The summed E-state index contributed by atoms with van der Waals surface area (Å²) >= 11 is 0. The van der Waals surface area contributed by atoms with Gasteiger partial charge in [0.2, 0.25) is 0 Å². The summed E-state index contributed by atoms with van der Waals surface area (Å²) in [5.41, 5.74) is 4.27. The zero-order chi connectivity index (χ0) is 10.6. The Balaban J connectivity index is 2.98. The highest BCUT2D eigenvalue weighted by molar-refractivity contribution is 6.01. The van der Waals surface area contributed by atoms with E-state index in [1.165, 1.54) is 36.1 Å². The highest BCUT2D eigenvalue weighted by Gasteiger charge is 2.16. The van der Waals surface area contributed by atoms with Crippen LogP contribution >= 0.6 is 0 Å². The first kappa shape index (κ1) is 11.2. The topological polar surface area (TPSA) is 12.4 Å². The summed E-state index contributed by atoms with van der Waals surface area (Å²) in [6.45, 7) is 10.4. The lowest BCUT2D eigenvalue weighted by molar-refractivity contribution is 0.696. The lowest BCUT2D eigenvalue weighted by Gasteiger charge is -2.21. The van der Waals surface area contributed by atoms with Crippen LogP contribution in [0.1, 0.15) is 46.5 Å². The summed E-state index contributed by atoms with van der Waals surface area (Å²) < 4.78 is 0. The summed E-state index contributed by atoms with van der Waals surface area (Å²) in [5, 5.41) is 0. The van der Waals surface area contributed by atoms with E-state index in [0.29, 0.717) is 5.92 Å². The fraction of sp³-hybridized carbons (Fsp3) is 0.615. The Morgan fingerprint density at radius 3 is 2.57 bits per heavy atom. The van der Waals surface area contributed by atoms with Gasteiger partial charge in [-0.15, -0.1) is 0 Å². The minimum absolute atomic E-state index is 0.637. The molecule has 14 heavy (non-hydrogen) atoms. The number of aliphatic imine (C=N–C) groups is 1. The van der Waals surface area contributed by atoms with Crippen LogP contribution in [-0.4, -0.2) is 5.71 Å². The summed E-state index contributed by atoms with van der Waals surface area (Å²) in [6.07, 6.45) is 6.60. The Hall–Kier alpha value is -0.850. The lowest BCUT2D eigenvalue weighted by Crippen LogP contribution is -2.12. The average Bonchev–Trinajstić information content (AvgIpc) is 2.18. The Labute approximate surface area is 87.6 Å².